The van der Waals surface area contributed by atoms with E-state index in [9.17, 15) is 4.79 Å². The monoisotopic (exact) mass is 242 g/mol. The number of piperidine rings is 1. The van der Waals surface area contributed by atoms with Crippen LogP contribution >= 0.6 is 0 Å². The van der Waals surface area contributed by atoms with Gasteiger partial charge in [0.2, 0.25) is 0 Å². The number of carbonyl (C=O) groups excluding carboxylic acids is 1. The molecule has 4 nitrogen and oxygen atoms in total. The van der Waals surface area contributed by atoms with E-state index < -0.39 is 5.60 Å². The highest BCUT2D eigenvalue weighted by atomic mass is 16.5. The molecule has 0 saturated carbocycles. The minimum absolute atomic E-state index is 0.0517. The fraction of sp³-hybridized carbons (Fsp3) is 0.923. The Balaban J connectivity index is 2.33. The molecule has 0 aromatic heterocycles. The standard InChI is InChI=1S/C13H26N2O2/c1-13(2,17-4)12(16)15(3)10-8-11-7-5-6-9-14-11/h11,14H,5-10H2,1-4H3. The molecule has 0 aliphatic carbocycles. The second kappa shape index (κ2) is 6.36. The van der Waals surface area contributed by atoms with E-state index >= 15 is 0 Å². The van der Waals surface area contributed by atoms with Gasteiger partial charge in [-0.15, -0.1) is 0 Å². The highest BCUT2D eigenvalue weighted by Crippen LogP contribution is 2.14. The Bertz CT molecular complexity index is 248. The van der Waals surface area contributed by atoms with Crippen LogP contribution in [0.2, 0.25) is 0 Å². The van der Waals surface area contributed by atoms with Crippen molar-refractivity contribution >= 4 is 5.91 Å². The molecule has 0 aromatic carbocycles. The van der Waals surface area contributed by atoms with Gasteiger partial charge in [0.25, 0.3) is 5.91 Å². The molecule has 4 heteroatoms. The number of methoxy groups -OCH3 is 1. The number of nitrogens with one attached hydrogen (secondary N) is 1. The maximum absolute atomic E-state index is 12.0. The average molecular weight is 242 g/mol. The van der Waals surface area contributed by atoms with E-state index in [-0.39, 0.29) is 5.91 Å². The van der Waals surface area contributed by atoms with Crippen LogP contribution in [0.15, 0.2) is 0 Å². The highest BCUT2D eigenvalue weighted by Gasteiger charge is 2.30. The lowest BCUT2D eigenvalue weighted by Crippen LogP contribution is -2.46. The summed E-state index contributed by atoms with van der Waals surface area (Å²) in [5.74, 6) is 0.0517. The first kappa shape index (κ1) is 14.5. The normalized spacial score (nSPS) is 21.3. The predicted molar refractivity (Wildman–Crippen MR) is 69.0 cm³/mol. The molecule has 1 aliphatic rings. The number of rotatable bonds is 5. The SMILES string of the molecule is COC(C)(C)C(=O)N(C)CCC1CCCCN1. The van der Waals surface area contributed by atoms with Crippen LogP contribution in [0.4, 0.5) is 0 Å². The van der Waals surface area contributed by atoms with Crippen LogP contribution in [-0.2, 0) is 9.53 Å². The Morgan fingerprint density at radius 1 is 1.47 bits per heavy atom. The first-order valence-corrected chi connectivity index (χ1v) is 6.51. The molecule has 1 atom stereocenters. The molecule has 17 heavy (non-hydrogen) atoms. The zero-order valence-corrected chi connectivity index (χ0v) is 11.6. The van der Waals surface area contributed by atoms with Crippen molar-refractivity contribution in [3.05, 3.63) is 0 Å². The van der Waals surface area contributed by atoms with Crippen molar-refractivity contribution in [3.63, 3.8) is 0 Å². The minimum atomic E-state index is -0.714. The van der Waals surface area contributed by atoms with Crippen LogP contribution in [0.5, 0.6) is 0 Å². The summed E-state index contributed by atoms with van der Waals surface area (Å²) in [4.78, 5) is 13.8. The second-order valence-electron chi connectivity index (χ2n) is 5.38. The quantitative estimate of drug-likeness (QED) is 0.792. The predicted octanol–water partition coefficient (Wildman–Crippen LogP) is 1.40. The van der Waals surface area contributed by atoms with Gasteiger partial charge < -0.3 is 15.0 Å². The number of amides is 1. The Morgan fingerprint density at radius 2 is 2.18 bits per heavy atom. The number of likely N-dealkylation sites (N-methyl/N-ethyl adjacent to an activating group) is 1. The summed E-state index contributed by atoms with van der Waals surface area (Å²) in [6.45, 7) is 5.53. The summed E-state index contributed by atoms with van der Waals surface area (Å²) in [5.41, 5.74) is -0.714. The van der Waals surface area contributed by atoms with E-state index in [1.54, 1.807) is 12.0 Å². The lowest BCUT2D eigenvalue weighted by molar-refractivity contribution is -0.149. The number of hydrogen-bond donors (Lipinski definition) is 1. The molecule has 0 aromatic rings. The highest BCUT2D eigenvalue weighted by molar-refractivity contribution is 5.84. The van der Waals surface area contributed by atoms with Crippen molar-refractivity contribution in [2.24, 2.45) is 0 Å². The van der Waals surface area contributed by atoms with Gasteiger partial charge in [-0.3, -0.25) is 4.79 Å². The zero-order valence-electron chi connectivity index (χ0n) is 11.6. The molecule has 1 rings (SSSR count). The van der Waals surface area contributed by atoms with Crippen molar-refractivity contribution in [1.29, 1.82) is 0 Å². The summed E-state index contributed by atoms with van der Waals surface area (Å²) < 4.78 is 5.21. The molecule has 1 saturated heterocycles. The van der Waals surface area contributed by atoms with Gasteiger partial charge in [-0.2, -0.15) is 0 Å². The molecule has 1 fully saturated rings. The Hall–Kier alpha value is -0.610. The van der Waals surface area contributed by atoms with Gasteiger partial charge >= 0.3 is 0 Å². The molecule has 1 unspecified atom stereocenters. The molecule has 1 aliphatic heterocycles. The van der Waals surface area contributed by atoms with Gasteiger partial charge in [0.15, 0.2) is 0 Å². The third kappa shape index (κ3) is 4.28. The van der Waals surface area contributed by atoms with Gasteiger partial charge in [-0.05, 0) is 39.7 Å². The smallest absolute Gasteiger partial charge is 0.253 e. The first-order valence-electron chi connectivity index (χ1n) is 6.51. The Kier molecular flexibility index (Phi) is 5.40. The number of hydrogen-bond acceptors (Lipinski definition) is 3. The van der Waals surface area contributed by atoms with Gasteiger partial charge in [-0.1, -0.05) is 6.42 Å². The van der Waals surface area contributed by atoms with Crippen LogP contribution in [0, 0.1) is 0 Å². The van der Waals surface area contributed by atoms with Crippen LogP contribution in [0.25, 0.3) is 0 Å². The molecule has 1 N–H and O–H groups in total. The fourth-order valence-electron chi connectivity index (χ4n) is 2.17. The largest absolute Gasteiger partial charge is 0.369 e. The van der Waals surface area contributed by atoms with Crippen molar-refractivity contribution in [3.8, 4) is 0 Å². The van der Waals surface area contributed by atoms with Crippen LogP contribution in [0.3, 0.4) is 0 Å². The molecule has 1 amide bonds. The molecule has 0 radical (unpaired) electrons. The van der Waals surface area contributed by atoms with E-state index in [1.165, 1.54) is 19.3 Å². The van der Waals surface area contributed by atoms with Gasteiger partial charge in [0.05, 0.1) is 0 Å². The molecular weight excluding hydrogens is 216 g/mol. The molecular formula is C13H26N2O2. The Morgan fingerprint density at radius 3 is 2.71 bits per heavy atom. The second-order valence-corrected chi connectivity index (χ2v) is 5.38. The summed E-state index contributed by atoms with van der Waals surface area (Å²) in [6.07, 6.45) is 4.85. The number of carbonyl (C=O) groups is 1. The van der Waals surface area contributed by atoms with E-state index in [0.29, 0.717) is 6.04 Å². The van der Waals surface area contributed by atoms with Gasteiger partial charge in [0, 0.05) is 26.7 Å². The number of ether oxygens (including phenoxy) is 1. The molecule has 0 bridgehead atoms. The third-order valence-corrected chi connectivity index (χ3v) is 3.60. The molecule has 100 valence electrons. The van der Waals surface area contributed by atoms with E-state index in [2.05, 4.69) is 5.32 Å². The van der Waals surface area contributed by atoms with Crippen molar-refractivity contribution in [1.82, 2.24) is 10.2 Å². The lowest BCUT2D eigenvalue weighted by Gasteiger charge is -2.30. The lowest BCUT2D eigenvalue weighted by atomic mass is 10.0. The maximum atomic E-state index is 12.0. The summed E-state index contributed by atoms with van der Waals surface area (Å²) in [5, 5.41) is 3.50. The maximum Gasteiger partial charge on any atom is 0.253 e. The first-order chi connectivity index (χ1) is 7.97. The van der Waals surface area contributed by atoms with Crippen LogP contribution in [-0.4, -0.2) is 49.7 Å². The molecule has 1 heterocycles. The van der Waals surface area contributed by atoms with E-state index in [4.69, 9.17) is 4.74 Å². The third-order valence-electron chi connectivity index (χ3n) is 3.60. The van der Waals surface area contributed by atoms with Crippen molar-refractivity contribution < 1.29 is 9.53 Å². The summed E-state index contributed by atoms with van der Waals surface area (Å²) in [6, 6.07) is 0.574. The molecule has 0 spiro atoms. The van der Waals surface area contributed by atoms with Crippen molar-refractivity contribution in [2.45, 2.75) is 51.2 Å². The topological polar surface area (TPSA) is 41.6 Å². The average Bonchev–Trinajstić information content (AvgIpc) is 2.36. The van der Waals surface area contributed by atoms with Gasteiger partial charge in [-0.25, -0.2) is 0 Å². The zero-order chi connectivity index (χ0) is 12.9. The van der Waals surface area contributed by atoms with Gasteiger partial charge in [0.1, 0.15) is 5.60 Å². The fourth-order valence-corrected chi connectivity index (χ4v) is 2.17. The summed E-state index contributed by atoms with van der Waals surface area (Å²) >= 11 is 0. The van der Waals surface area contributed by atoms with E-state index in [1.807, 2.05) is 20.9 Å². The van der Waals surface area contributed by atoms with Crippen LogP contribution < -0.4 is 5.32 Å². The minimum Gasteiger partial charge on any atom is -0.369 e. The van der Waals surface area contributed by atoms with Crippen molar-refractivity contribution in [2.75, 3.05) is 27.2 Å². The number of nitrogens with zero attached hydrogens (tertiary/aromatic N) is 1. The van der Waals surface area contributed by atoms with Crippen LogP contribution in [0.1, 0.15) is 39.5 Å². The Labute approximate surface area is 105 Å². The van der Waals surface area contributed by atoms with E-state index in [0.717, 1.165) is 19.5 Å². The summed E-state index contributed by atoms with van der Waals surface area (Å²) in [7, 11) is 3.43.